The van der Waals surface area contributed by atoms with E-state index in [-0.39, 0.29) is 12.2 Å². The molecule has 0 unspecified atom stereocenters. The molecule has 3 nitrogen and oxygen atoms in total. The Morgan fingerprint density at radius 2 is 1.84 bits per heavy atom. The maximum atomic E-state index is 10.8. The Balaban J connectivity index is 2.28. The minimum atomic E-state index is -0.914. The normalized spacial score (nSPS) is 10.4. The minimum Gasteiger partial charge on any atom is -0.508 e. The second kappa shape index (κ2) is 6.12. The van der Waals surface area contributed by atoms with Crippen molar-refractivity contribution in [1.82, 2.24) is 0 Å². The van der Waals surface area contributed by atoms with Crippen molar-refractivity contribution in [1.29, 1.82) is 0 Å². The van der Waals surface area contributed by atoms with E-state index in [2.05, 4.69) is 15.9 Å². The van der Waals surface area contributed by atoms with Gasteiger partial charge in [0, 0.05) is 14.3 Å². The molecule has 5 heteroatoms. The standard InChI is InChI=1S/C14H11BrO3S/c15-10-1-4-12(5-2-10)19-13-6-3-11(16)7-9(13)8-14(17)18/h1-7,16H,8H2,(H,17,18). The Morgan fingerprint density at radius 3 is 2.47 bits per heavy atom. The molecule has 0 fully saturated rings. The van der Waals surface area contributed by atoms with Crippen LogP contribution in [0.25, 0.3) is 0 Å². The summed E-state index contributed by atoms with van der Waals surface area (Å²) in [5.74, 6) is -0.834. The van der Waals surface area contributed by atoms with Gasteiger partial charge in [-0.2, -0.15) is 0 Å². The number of aliphatic carboxylic acids is 1. The zero-order valence-electron chi connectivity index (χ0n) is 9.84. The lowest BCUT2D eigenvalue weighted by Crippen LogP contribution is -2.01. The van der Waals surface area contributed by atoms with Crippen molar-refractivity contribution < 1.29 is 15.0 Å². The van der Waals surface area contributed by atoms with Crippen molar-refractivity contribution in [3.8, 4) is 5.75 Å². The van der Waals surface area contributed by atoms with Gasteiger partial charge in [-0.15, -0.1) is 0 Å². The molecule has 2 aromatic carbocycles. The van der Waals surface area contributed by atoms with Crippen molar-refractivity contribution >= 4 is 33.7 Å². The molecular formula is C14H11BrO3S. The molecular weight excluding hydrogens is 328 g/mol. The Morgan fingerprint density at radius 1 is 1.16 bits per heavy atom. The molecule has 0 spiro atoms. The molecule has 0 atom stereocenters. The molecule has 98 valence electrons. The average Bonchev–Trinajstić information content (AvgIpc) is 2.34. The van der Waals surface area contributed by atoms with Crippen LogP contribution < -0.4 is 0 Å². The zero-order valence-corrected chi connectivity index (χ0v) is 12.2. The van der Waals surface area contributed by atoms with Crippen LogP contribution in [0.1, 0.15) is 5.56 Å². The van der Waals surface area contributed by atoms with E-state index in [0.29, 0.717) is 5.56 Å². The molecule has 2 rings (SSSR count). The van der Waals surface area contributed by atoms with Gasteiger partial charge >= 0.3 is 5.97 Å². The van der Waals surface area contributed by atoms with Crippen LogP contribution in [-0.4, -0.2) is 16.2 Å². The summed E-state index contributed by atoms with van der Waals surface area (Å²) in [5.41, 5.74) is 0.611. The first-order valence-corrected chi connectivity index (χ1v) is 7.12. The first-order valence-electron chi connectivity index (χ1n) is 5.52. The number of benzene rings is 2. The predicted molar refractivity (Wildman–Crippen MR) is 77.7 cm³/mol. The summed E-state index contributed by atoms with van der Waals surface area (Å²) in [4.78, 5) is 12.7. The molecule has 2 aromatic rings. The number of phenolic OH excluding ortho intramolecular Hbond substituents is 1. The van der Waals surface area contributed by atoms with E-state index in [1.807, 2.05) is 24.3 Å². The van der Waals surface area contributed by atoms with Crippen LogP contribution in [-0.2, 0) is 11.2 Å². The van der Waals surface area contributed by atoms with Gasteiger partial charge < -0.3 is 10.2 Å². The highest BCUT2D eigenvalue weighted by atomic mass is 79.9. The van der Waals surface area contributed by atoms with Gasteiger partial charge in [0.15, 0.2) is 0 Å². The predicted octanol–water partition coefficient (Wildman–Crippen LogP) is 3.93. The molecule has 0 aliphatic carbocycles. The largest absolute Gasteiger partial charge is 0.508 e. The number of carbonyl (C=O) groups is 1. The summed E-state index contributed by atoms with van der Waals surface area (Å²) < 4.78 is 0.994. The van der Waals surface area contributed by atoms with Crippen LogP contribution in [0, 0.1) is 0 Å². The van der Waals surface area contributed by atoms with E-state index in [9.17, 15) is 9.90 Å². The van der Waals surface area contributed by atoms with Gasteiger partial charge in [-0.25, -0.2) is 0 Å². The van der Waals surface area contributed by atoms with Crippen LogP contribution in [0.2, 0.25) is 0 Å². The Hall–Kier alpha value is -1.46. The molecule has 0 radical (unpaired) electrons. The van der Waals surface area contributed by atoms with Gasteiger partial charge in [-0.3, -0.25) is 4.79 Å². The van der Waals surface area contributed by atoms with E-state index in [0.717, 1.165) is 14.3 Å². The SMILES string of the molecule is O=C(O)Cc1cc(O)ccc1Sc1ccc(Br)cc1. The highest BCUT2D eigenvalue weighted by molar-refractivity contribution is 9.10. The van der Waals surface area contributed by atoms with Gasteiger partial charge in [0.25, 0.3) is 0 Å². The number of rotatable bonds is 4. The summed E-state index contributed by atoms with van der Waals surface area (Å²) in [6.45, 7) is 0. The quantitative estimate of drug-likeness (QED) is 0.886. The van der Waals surface area contributed by atoms with E-state index in [4.69, 9.17) is 5.11 Å². The Bertz CT molecular complexity index is 596. The van der Waals surface area contributed by atoms with Crippen molar-refractivity contribution in [3.05, 3.63) is 52.5 Å². The van der Waals surface area contributed by atoms with Crippen molar-refractivity contribution in [2.24, 2.45) is 0 Å². The lowest BCUT2D eigenvalue weighted by atomic mass is 10.1. The zero-order chi connectivity index (χ0) is 13.8. The molecule has 0 saturated carbocycles. The summed E-state index contributed by atoms with van der Waals surface area (Å²) >= 11 is 4.85. The summed E-state index contributed by atoms with van der Waals surface area (Å²) in [6, 6.07) is 12.6. The molecule has 0 saturated heterocycles. The second-order valence-corrected chi connectivity index (χ2v) is 5.95. The van der Waals surface area contributed by atoms with Crippen molar-refractivity contribution in [2.45, 2.75) is 16.2 Å². The van der Waals surface area contributed by atoms with Gasteiger partial charge in [-0.1, -0.05) is 27.7 Å². The molecule has 0 aliphatic heterocycles. The van der Waals surface area contributed by atoms with Crippen LogP contribution in [0.15, 0.2) is 56.7 Å². The number of hydrogen-bond donors (Lipinski definition) is 2. The summed E-state index contributed by atoms with van der Waals surface area (Å²) in [6.07, 6.45) is -0.104. The minimum absolute atomic E-state index is 0.0800. The van der Waals surface area contributed by atoms with Crippen LogP contribution in [0.5, 0.6) is 5.75 Å². The molecule has 0 heterocycles. The van der Waals surface area contributed by atoms with Gasteiger partial charge in [0.1, 0.15) is 5.75 Å². The Kier molecular flexibility index (Phi) is 4.50. The van der Waals surface area contributed by atoms with E-state index in [1.165, 1.54) is 17.8 Å². The maximum Gasteiger partial charge on any atom is 0.307 e. The molecule has 2 N–H and O–H groups in total. The first-order chi connectivity index (χ1) is 9.04. The summed E-state index contributed by atoms with van der Waals surface area (Å²) in [7, 11) is 0. The number of aromatic hydroxyl groups is 1. The lowest BCUT2D eigenvalue weighted by Gasteiger charge is -2.08. The number of halogens is 1. The van der Waals surface area contributed by atoms with E-state index in [1.54, 1.807) is 12.1 Å². The molecule has 0 amide bonds. The topological polar surface area (TPSA) is 57.5 Å². The third kappa shape index (κ3) is 4.01. The third-order valence-electron chi connectivity index (χ3n) is 2.43. The Labute approximate surface area is 123 Å². The first kappa shape index (κ1) is 14.0. The third-order valence-corrected chi connectivity index (χ3v) is 4.08. The van der Waals surface area contributed by atoms with Crippen molar-refractivity contribution in [3.63, 3.8) is 0 Å². The maximum absolute atomic E-state index is 10.8. The molecule has 0 aliphatic rings. The highest BCUT2D eigenvalue weighted by Crippen LogP contribution is 2.33. The monoisotopic (exact) mass is 338 g/mol. The van der Waals surface area contributed by atoms with Gasteiger partial charge in [0.05, 0.1) is 6.42 Å². The van der Waals surface area contributed by atoms with Gasteiger partial charge in [0.2, 0.25) is 0 Å². The van der Waals surface area contributed by atoms with Gasteiger partial charge in [-0.05, 0) is 48.0 Å². The number of hydrogen-bond acceptors (Lipinski definition) is 3. The smallest absolute Gasteiger partial charge is 0.307 e. The van der Waals surface area contributed by atoms with Crippen molar-refractivity contribution in [2.75, 3.05) is 0 Å². The van der Waals surface area contributed by atoms with Crippen LogP contribution in [0.3, 0.4) is 0 Å². The average molecular weight is 339 g/mol. The number of carboxylic acid groups (broad SMARTS) is 1. The van der Waals surface area contributed by atoms with Crippen LogP contribution in [0.4, 0.5) is 0 Å². The molecule has 19 heavy (non-hydrogen) atoms. The number of phenols is 1. The summed E-state index contributed by atoms with van der Waals surface area (Å²) in [5, 5.41) is 18.3. The fraction of sp³-hybridized carbons (Fsp3) is 0.0714. The van der Waals surface area contributed by atoms with Crippen LogP contribution >= 0.6 is 27.7 Å². The second-order valence-electron chi connectivity index (χ2n) is 3.92. The fourth-order valence-electron chi connectivity index (χ4n) is 1.60. The van der Waals surface area contributed by atoms with E-state index >= 15 is 0 Å². The lowest BCUT2D eigenvalue weighted by molar-refractivity contribution is -0.136. The fourth-order valence-corrected chi connectivity index (χ4v) is 2.78. The number of carboxylic acids is 1. The molecule has 0 bridgehead atoms. The van der Waals surface area contributed by atoms with E-state index < -0.39 is 5.97 Å². The highest BCUT2D eigenvalue weighted by Gasteiger charge is 2.09. The molecule has 0 aromatic heterocycles.